The van der Waals surface area contributed by atoms with Crippen molar-refractivity contribution < 1.29 is 4.79 Å². The fourth-order valence-electron chi connectivity index (χ4n) is 3.71. The van der Waals surface area contributed by atoms with E-state index in [1.54, 1.807) is 27.7 Å². The summed E-state index contributed by atoms with van der Waals surface area (Å²) in [6.45, 7) is 5.30. The molecule has 0 fully saturated rings. The van der Waals surface area contributed by atoms with Crippen LogP contribution in [0.3, 0.4) is 0 Å². The SMILES string of the molecule is CCn1cc(-c2ccnc3c(C(=O)Nc4ccn(Cc5cccc(Cl)c5)n4)cnn23)c(C)n1. The van der Waals surface area contributed by atoms with E-state index in [4.69, 9.17) is 11.6 Å². The van der Waals surface area contributed by atoms with Gasteiger partial charge in [0.25, 0.3) is 5.91 Å². The number of nitrogens with one attached hydrogen (secondary N) is 1. The maximum absolute atomic E-state index is 13.0. The zero-order valence-electron chi connectivity index (χ0n) is 18.1. The lowest BCUT2D eigenvalue weighted by Crippen LogP contribution is -2.13. The van der Waals surface area contributed by atoms with Crippen molar-refractivity contribution in [1.29, 1.82) is 0 Å². The molecule has 0 unspecified atom stereocenters. The van der Waals surface area contributed by atoms with Crippen LogP contribution in [0.2, 0.25) is 5.02 Å². The maximum atomic E-state index is 13.0. The number of hydrogen-bond donors (Lipinski definition) is 1. The topological polar surface area (TPSA) is 94.9 Å². The van der Waals surface area contributed by atoms with Crippen molar-refractivity contribution in [3.8, 4) is 11.3 Å². The summed E-state index contributed by atoms with van der Waals surface area (Å²) in [6.07, 6.45) is 6.96. The van der Waals surface area contributed by atoms with Crippen molar-refractivity contribution in [2.45, 2.75) is 26.9 Å². The quantitative estimate of drug-likeness (QED) is 0.412. The first-order valence-corrected chi connectivity index (χ1v) is 10.9. The highest BCUT2D eigenvalue weighted by Gasteiger charge is 2.19. The van der Waals surface area contributed by atoms with Crippen molar-refractivity contribution >= 4 is 29.0 Å². The largest absolute Gasteiger partial charge is 0.305 e. The smallest absolute Gasteiger partial charge is 0.262 e. The van der Waals surface area contributed by atoms with E-state index in [1.165, 1.54) is 6.20 Å². The number of nitrogens with zero attached hydrogens (tertiary/aromatic N) is 7. The Bertz CT molecular complexity index is 1460. The van der Waals surface area contributed by atoms with E-state index in [-0.39, 0.29) is 5.91 Å². The monoisotopic (exact) mass is 460 g/mol. The Morgan fingerprint density at radius 3 is 2.82 bits per heavy atom. The van der Waals surface area contributed by atoms with Gasteiger partial charge in [-0.05, 0) is 37.6 Å². The number of amides is 1. The van der Waals surface area contributed by atoms with Crippen LogP contribution in [0.25, 0.3) is 16.9 Å². The zero-order valence-corrected chi connectivity index (χ0v) is 18.9. The highest BCUT2D eigenvalue weighted by molar-refractivity contribution is 6.30. The average Bonchev–Trinajstić information content (AvgIpc) is 3.52. The minimum atomic E-state index is -0.330. The van der Waals surface area contributed by atoms with Gasteiger partial charge in [-0.3, -0.25) is 14.2 Å². The Hall–Kier alpha value is -3.98. The number of aromatic nitrogens is 7. The van der Waals surface area contributed by atoms with Crippen LogP contribution in [-0.4, -0.2) is 40.1 Å². The van der Waals surface area contributed by atoms with Gasteiger partial charge >= 0.3 is 0 Å². The number of rotatable bonds is 6. The number of carbonyl (C=O) groups is 1. The second kappa shape index (κ2) is 8.51. The molecule has 166 valence electrons. The van der Waals surface area contributed by atoms with E-state index in [0.29, 0.717) is 28.6 Å². The molecule has 5 aromatic rings. The molecule has 33 heavy (non-hydrogen) atoms. The van der Waals surface area contributed by atoms with Gasteiger partial charge in [-0.25, -0.2) is 9.50 Å². The fourth-order valence-corrected chi connectivity index (χ4v) is 3.92. The summed E-state index contributed by atoms with van der Waals surface area (Å²) in [6, 6.07) is 11.2. The Kier molecular flexibility index (Phi) is 5.39. The number of fused-ring (bicyclic) bond motifs is 1. The van der Waals surface area contributed by atoms with Crippen molar-refractivity contribution in [3.05, 3.63) is 83.0 Å². The van der Waals surface area contributed by atoms with Gasteiger partial charge in [-0.15, -0.1) is 0 Å². The van der Waals surface area contributed by atoms with Gasteiger partial charge in [0.15, 0.2) is 11.5 Å². The molecule has 1 N–H and O–H groups in total. The molecule has 5 rings (SSSR count). The van der Waals surface area contributed by atoms with Gasteiger partial charge in [0.05, 0.1) is 24.1 Å². The molecule has 0 radical (unpaired) electrons. The molecule has 0 saturated heterocycles. The molecule has 0 aliphatic rings. The number of aryl methyl sites for hydroxylation is 2. The van der Waals surface area contributed by atoms with Crippen LogP contribution in [0.4, 0.5) is 5.82 Å². The summed E-state index contributed by atoms with van der Waals surface area (Å²) in [7, 11) is 0. The highest BCUT2D eigenvalue weighted by Crippen LogP contribution is 2.24. The minimum absolute atomic E-state index is 0.330. The van der Waals surface area contributed by atoms with Crippen LogP contribution in [0.5, 0.6) is 0 Å². The van der Waals surface area contributed by atoms with E-state index < -0.39 is 0 Å². The third kappa shape index (κ3) is 4.10. The highest BCUT2D eigenvalue weighted by atomic mass is 35.5. The summed E-state index contributed by atoms with van der Waals surface area (Å²) >= 11 is 6.05. The van der Waals surface area contributed by atoms with E-state index in [9.17, 15) is 4.79 Å². The average molecular weight is 461 g/mol. The van der Waals surface area contributed by atoms with Crippen LogP contribution in [0.15, 0.2) is 61.2 Å². The van der Waals surface area contributed by atoms with Crippen LogP contribution >= 0.6 is 11.6 Å². The van der Waals surface area contributed by atoms with Crippen LogP contribution in [0.1, 0.15) is 28.5 Å². The summed E-state index contributed by atoms with van der Waals surface area (Å²) in [5.74, 6) is 0.112. The van der Waals surface area contributed by atoms with Crippen molar-refractivity contribution in [1.82, 2.24) is 34.2 Å². The number of halogens is 1. The predicted molar refractivity (Wildman–Crippen MR) is 125 cm³/mol. The molecule has 10 heteroatoms. The molecule has 9 nitrogen and oxygen atoms in total. The molecule has 0 aliphatic heterocycles. The summed E-state index contributed by atoms with van der Waals surface area (Å²) in [4.78, 5) is 17.4. The summed E-state index contributed by atoms with van der Waals surface area (Å²) in [5.41, 5.74) is 4.50. The van der Waals surface area contributed by atoms with Crippen LogP contribution in [0, 0.1) is 6.92 Å². The first kappa shape index (κ1) is 20.9. The molecule has 0 bridgehead atoms. The fraction of sp³-hybridized carbons (Fsp3) is 0.174. The van der Waals surface area contributed by atoms with Crippen LogP contribution < -0.4 is 5.32 Å². The first-order valence-electron chi connectivity index (χ1n) is 10.5. The Labute approximate surface area is 194 Å². The van der Waals surface area contributed by atoms with E-state index >= 15 is 0 Å². The van der Waals surface area contributed by atoms with Crippen molar-refractivity contribution in [3.63, 3.8) is 0 Å². The van der Waals surface area contributed by atoms with Gasteiger partial charge in [0.1, 0.15) is 5.56 Å². The number of hydrogen-bond acceptors (Lipinski definition) is 5. The summed E-state index contributed by atoms with van der Waals surface area (Å²) in [5, 5.41) is 16.9. The van der Waals surface area contributed by atoms with E-state index in [1.807, 2.05) is 55.1 Å². The maximum Gasteiger partial charge on any atom is 0.262 e. The number of benzene rings is 1. The lowest BCUT2D eigenvalue weighted by molar-refractivity contribution is 0.102. The second-order valence-electron chi connectivity index (χ2n) is 7.59. The van der Waals surface area contributed by atoms with Gasteiger partial charge < -0.3 is 5.32 Å². The van der Waals surface area contributed by atoms with E-state index in [2.05, 4.69) is 25.6 Å². The van der Waals surface area contributed by atoms with Gasteiger partial charge in [-0.1, -0.05) is 23.7 Å². The number of anilines is 1. The molecule has 4 aromatic heterocycles. The molecule has 1 aromatic carbocycles. The van der Waals surface area contributed by atoms with Gasteiger partial charge in [0, 0.05) is 41.8 Å². The van der Waals surface area contributed by atoms with Gasteiger partial charge in [0.2, 0.25) is 0 Å². The third-order valence-corrected chi connectivity index (χ3v) is 5.54. The zero-order chi connectivity index (χ0) is 22.9. The summed E-state index contributed by atoms with van der Waals surface area (Å²) < 4.78 is 5.27. The van der Waals surface area contributed by atoms with Gasteiger partial charge in [-0.2, -0.15) is 15.3 Å². The first-order chi connectivity index (χ1) is 16.0. The minimum Gasteiger partial charge on any atom is -0.305 e. The van der Waals surface area contributed by atoms with Crippen molar-refractivity contribution in [2.24, 2.45) is 0 Å². The van der Waals surface area contributed by atoms with E-state index in [0.717, 1.165) is 29.1 Å². The Morgan fingerprint density at radius 2 is 2.03 bits per heavy atom. The molecule has 0 spiro atoms. The second-order valence-corrected chi connectivity index (χ2v) is 8.03. The Balaban J connectivity index is 1.38. The Morgan fingerprint density at radius 1 is 1.15 bits per heavy atom. The predicted octanol–water partition coefficient (Wildman–Crippen LogP) is 4.07. The molecular formula is C23H21ClN8O. The molecule has 0 aliphatic carbocycles. The molecule has 4 heterocycles. The number of carbonyl (C=O) groups excluding carboxylic acids is 1. The third-order valence-electron chi connectivity index (χ3n) is 5.31. The standard InChI is InChI=1S/C23H21ClN8O/c1-3-30-14-19(15(2)28-30)20-7-9-25-22-18(12-26-32(20)22)23(33)27-21-8-10-31(29-21)13-16-5-4-6-17(24)11-16/h4-12,14H,3,13H2,1-2H3,(H,27,29,33). The molecule has 0 atom stereocenters. The normalized spacial score (nSPS) is 11.2. The lowest BCUT2D eigenvalue weighted by Gasteiger charge is -2.04. The molecular weight excluding hydrogens is 440 g/mol. The lowest BCUT2D eigenvalue weighted by atomic mass is 10.2. The molecule has 0 saturated carbocycles. The molecule has 1 amide bonds. The van der Waals surface area contributed by atoms with Crippen LogP contribution in [-0.2, 0) is 13.1 Å². The van der Waals surface area contributed by atoms with Crippen molar-refractivity contribution in [2.75, 3.05) is 5.32 Å².